The lowest BCUT2D eigenvalue weighted by Gasteiger charge is -2.32. The topological polar surface area (TPSA) is 32.3 Å². The molecule has 0 unspecified atom stereocenters. The summed E-state index contributed by atoms with van der Waals surface area (Å²) in [5.74, 6) is -0.228. The normalized spacial score (nSPS) is 16.7. The molecule has 0 saturated carbocycles. The van der Waals surface area contributed by atoms with Gasteiger partial charge in [-0.05, 0) is 31.0 Å². The van der Waals surface area contributed by atoms with Crippen LogP contribution in [0.5, 0.6) is 0 Å². The molecule has 1 saturated heterocycles. The van der Waals surface area contributed by atoms with Gasteiger partial charge < -0.3 is 10.2 Å². The van der Waals surface area contributed by atoms with E-state index in [-0.39, 0.29) is 17.8 Å². The summed E-state index contributed by atoms with van der Waals surface area (Å²) in [6.45, 7) is 3.08. The number of anilines is 1. The highest BCUT2D eigenvalue weighted by molar-refractivity contribution is 6.30. The fourth-order valence-electron chi connectivity index (χ4n) is 2.21. The summed E-state index contributed by atoms with van der Waals surface area (Å²) in [5, 5.41) is 3.65. The summed E-state index contributed by atoms with van der Waals surface area (Å²) >= 11 is 5.80. The van der Waals surface area contributed by atoms with E-state index in [1.54, 1.807) is 13.0 Å². The number of carbonyl (C=O) groups is 1. The number of amides is 1. The standard InChI is InChI=1S/C13H16ClFN2O/c1-9(18)17-4-2-12(3-5-17)16-13-7-10(14)6-11(15)8-13/h6-8,12,16H,2-5H2,1H3. The molecule has 3 nitrogen and oxygen atoms in total. The van der Waals surface area contributed by atoms with Gasteiger partial charge in [-0.15, -0.1) is 0 Å². The van der Waals surface area contributed by atoms with Gasteiger partial charge in [0.2, 0.25) is 5.91 Å². The van der Waals surface area contributed by atoms with Gasteiger partial charge in [0, 0.05) is 36.8 Å². The second kappa shape index (κ2) is 5.57. The minimum Gasteiger partial charge on any atom is -0.382 e. The van der Waals surface area contributed by atoms with Crippen molar-refractivity contribution < 1.29 is 9.18 Å². The highest BCUT2D eigenvalue weighted by Gasteiger charge is 2.20. The van der Waals surface area contributed by atoms with Crippen molar-refractivity contribution in [3.8, 4) is 0 Å². The zero-order valence-corrected chi connectivity index (χ0v) is 11.0. The molecule has 1 aromatic carbocycles. The van der Waals surface area contributed by atoms with Gasteiger partial charge >= 0.3 is 0 Å². The maximum absolute atomic E-state index is 13.2. The number of benzene rings is 1. The third-order valence-corrected chi connectivity index (χ3v) is 3.39. The molecule has 0 spiro atoms. The first-order valence-corrected chi connectivity index (χ1v) is 6.40. The molecular weight excluding hydrogens is 255 g/mol. The average molecular weight is 271 g/mol. The Morgan fingerprint density at radius 3 is 2.61 bits per heavy atom. The minimum absolute atomic E-state index is 0.113. The van der Waals surface area contributed by atoms with Crippen molar-refractivity contribution in [2.45, 2.75) is 25.8 Å². The monoisotopic (exact) mass is 270 g/mol. The van der Waals surface area contributed by atoms with Crippen LogP contribution in [0.3, 0.4) is 0 Å². The number of rotatable bonds is 2. The number of piperidine rings is 1. The van der Waals surface area contributed by atoms with E-state index < -0.39 is 0 Å². The van der Waals surface area contributed by atoms with Crippen LogP contribution >= 0.6 is 11.6 Å². The molecule has 1 aliphatic heterocycles. The lowest BCUT2D eigenvalue weighted by molar-refractivity contribution is -0.129. The first kappa shape index (κ1) is 13.1. The van der Waals surface area contributed by atoms with E-state index in [9.17, 15) is 9.18 Å². The van der Waals surface area contributed by atoms with E-state index in [1.807, 2.05) is 4.90 Å². The number of carbonyl (C=O) groups excluding carboxylic acids is 1. The van der Waals surface area contributed by atoms with E-state index in [0.717, 1.165) is 25.9 Å². The molecule has 1 aliphatic rings. The van der Waals surface area contributed by atoms with Gasteiger partial charge in [0.25, 0.3) is 0 Å². The van der Waals surface area contributed by atoms with E-state index in [4.69, 9.17) is 11.6 Å². The van der Waals surface area contributed by atoms with Crippen molar-refractivity contribution in [1.29, 1.82) is 0 Å². The summed E-state index contributed by atoms with van der Waals surface area (Å²) in [6.07, 6.45) is 1.74. The van der Waals surface area contributed by atoms with Crippen molar-refractivity contribution in [3.05, 3.63) is 29.0 Å². The number of hydrogen-bond donors (Lipinski definition) is 1. The summed E-state index contributed by atoms with van der Waals surface area (Å²) in [6, 6.07) is 4.69. The Balaban J connectivity index is 1.93. The Morgan fingerprint density at radius 1 is 1.39 bits per heavy atom. The Bertz CT molecular complexity index is 424. The lowest BCUT2D eigenvalue weighted by atomic mass is 10.0. The van der Waals surface area contributed by atoms with E-state index >= 15 is 0 Å². The fraction of sp³-hybridized carbons (Fsp3) is 0.462. The molecule has 1 N–H and O–H groups in total. The zero-order valence-electron chi connectivity index (χ0n) is 10.2. The van der Waals surface area contributed by atoms with Crippen LogP contribution in [-0.4, -0.2) is 29.9 Å². The summed E-state index contributed by atoms with van der Waals surface area (Å²) in [5.41, 5.74) is 0.696. The molecule has 1 fully saturated rings. The van der Waals surface area contributed by atoms with Crippen LogP contribution in [0, 0.1) is 5.82 Å². The van der Waals surface area contributed by atoms with Gasteiger partial charge in [0.05, 0.1) is 0 Å². The predicted molar refractivity (Wildman–Crippen MR) is 70.3 cm³/mol. The number of halogens is 2. The van der Waals surface area contributed by atoms with Crippen molar-refractivity contribution in [1.82, 2.24) is 4.90 Å². The highest BCUT2D eigenvalue weighted by Crippen LogP contribution is 2.21. The van der Waals surface area contributed by atoms with E-state index in [1.165, 1.54) is 12.1 Å². The first-order chi connectivity index (χ1) is 8.54. The average Bonchev–Trinajstić information content (AvgIpc) is 2.28. The fourth-order valence-corrected chi connectivity index (χ4v) is 2.43. The second-order valence-electron chi connectivity index (χ2n) is 4.58. The van der Waals surface area contributed by atoms with Crippen molar-refractivity contribution >= 4 is 23.2 Å². The van der Waals surface area contributed by atoms with Crippen LogP contribution in [0.2, 0.25) is 5.02 Å². The van der Waals surface area contributed by atoms with Gasteiger partial charge in [0.1, 0.15) is 5.82 Å². The number of nitrogens with zero attached hydrogens (tertiary/aromatic N) is 1. The molecule has 0 radical (unpaired) electrons. The first-order valence-electron chi connectivity index (χ1n) is 6.03. The van der Waals surface area contributed by atoms with Crippen LogP contribution in [0.25, 0.3) is 0 Å². The molecule has 0 aliphatic carbocycles. The molecule has 2 rings (SSSR count). The van der Waals surface area contributed by atoms with Crippen molar-refractivity contribution in [2.24, 2.45) is 0 Å². The number of likely N-dealkylation sites (tertiary alicyclic amines) is 1. The van der Waals surface area contributed by atoms with Gasteiger partial charge in [0.15, 0.2) is 0 Å². The van der Waals surface area contributed by atoms with Crippen LogP contribution in [0.1, 0.15) is 19.8 Å². The van der Waals surface area contributed by atoms with Gasteiger partial charge in [-0.3, -0.25) is 4.79 Å². The molecule has 98 valence electrons. The Hall–Kier alpha value is -1.29. The van der Waals surface area contributed by atoms with E-state index in [2.05, 4.69) is 5.32 Å². The van der Waals surface area contributed by atoms with Crippen LogP contribution < -0.4 is 5.32 Å². The number of nitrogens with one attached hydrogen (secondary N) is 1. The van der Waals surface area contributed by atoms with Crippen LogP contribution in [0.15, 0.2) is 18.2 Å². The molecule has 18 heavy (non-hydrogen) atoms. The van der Waals surface area contributed by atoms with Crippen molar-refractivity contribution in [2.75, 3.05) is 18.4 Å². The van der Waals surface area contributed by atoms with E-state index in [0.29, 0.717) is 10.7 Å². The van der Waals surface area contributed by atoms with Gasteiger partial charge in [-0.2, -0.15) is 0 Å². The maximum atomic E-state index is 13.2. The van der Waals surface area contributed by atoms with Crippen LogP contribution in [0.4, 0.5) is 10.1 Å². The SMILES string of the molecule is CC(=O)N1CCC(Nc2cc(F)cc(Cl)c2)CC1. The quantitative estimate of drug-likeness (QED) is 0.896. The third kappa shape index (κ3) is 3.35. The lowest BCUT2D eigenvalue weighted by Crippen LogP contribution is -2.41. The molecule has 0 aromatic heterocycles. The molecular formula is C13H16ClFN2O. The molecule has 0 atom stereocenters. The Labute approximate surface area is 111 Å². The summed E-state index contributed by atoms with van der Waals surface area (Å²) in [7, 11) is 0. The highest BCUT2D eigenvalue weighted by atomic mass is 35.5. The molecule has 0 bridgehead atoms. The minimum atomic E-state index is -0.342. The maximum Gasteiger partial charge on any atom is 0.219 e. The predicted octanol–water partition coefficient (Wildman–Crippen LogP) is 2.90. The third-order valence-electron chi connectivity index (χ3n) is 3.17. The number of hydrogen-bond acceptors (Lipinski definition) is 2. The van der Waals surface area contributed by atoms with Crippen molar-refractivity contribution in [3.63, 3.8) is 0 Å². The van der Waals surface area contributed by atoms with Crippen LogP contribution in [-0.2, 0) is 4.79 Å². The summed E-state index contributed by atoms with van der Waals surface area (Å²) in [4.78, 5) is 13.0. The molecule has 1 heterocycles. The molecule has 1 aromatic rings. The Morgan fingerprint density at radius 2 is 2.06 bits per heavy atom. The van der Waals surface area contributed by atoms with Gasteiger partial charge in [-0.25, -0.2) is 4.39 Å². The molecule has 1 amide bonds. The second-order valence-corrected chi connectivity index (χ2v) is 5.02. The smallest absolute Gasteiger partial charge is 0.219 e. The van der Waals surface area contributed by atoms with Gasteiger partial charge in [-0.1, -0.05) is 11.6 Å². The molecule has 5 heteroatoms. The Kier molecular flexibility index (Phi) is 4.07. The largest absolute Gasteiger partial charge is 0.382 e. The summed E-state index contributed by atoms with van der Waals surface area (Å²) < 4.78 is 13.2. The zero-order chi connectivity index (χ0) is 13.1.